The summed E-state index contributed by atoms with van der Waals surface area (Å²) < 4.78 is 22.0. The molecular formula is C25H18Cl2N2O7. The Morgan fingerprint density at radius 2 is 1.75 bits per heavy atom. The number of carbonyl (C=O) groups is 1. The van der Waals surface area contributed by atoms with Crippen molar-refractivity contribution < 1.29 is 28.3 Å². The lowest BCUT2D eigenvalue weighted by Gasteiger charge is -2.09. The maximum Gasteiger partial charge on any atom is 0.291 e. The van der Waals surface area contributed by atoms with Gasteiger partial charge in [-0.1, -0.05) is 29.3 Å². The fourth-order valence-electron chi connectivity index (χ4n) is 3.11. The van der Waals surface area contributed by atoms with Crippen LogP contribution in [0, 0.1) is 10.1 Å². The van der Waals surface area contributed by atoms with Crippen LogP contribution in [0.1, 0.15) is 16.3 Å². The molecule has 0 aliphatic rings. The molecule has 1 amide bonds. The lowest BCUT2D eigenvalue weighted by atomic mass is 10.2. The highest BCUT2D eigenvalue weighted by Gasteiger charge is 2.17. The predicted molar refractivity (Wildman–Crippen MR) is 134 cm³/mol. The average Bonchev–Trinajstić information content (AvgIpc) is 3.34. The molecule has 11 heteroatoms. The standard InChI is InChI=1S/C25H18Cl2N2O7/c1-33-17-5-7-18(8-6-17)35-20-12-15(11-16(13-20)29(31)32)28-25(30)23-10-9-19(36-23)14-34-22-4-2-3-21(26)24(22)27/h2-13H,14H2,1H3,(H,28,30). The van der Waals surface area contributed by atoms with Crippen molar-refractivity contribution in [2.24, 2.45) is 0 Å². The molecule has 4 aromatic rings. The summed E-state index contributed by atoms with van der Waals surface area (Å²) in [5, 5.41) is 14.6. The van der Waals surface area contributed by atoms with E-state index in [9.17, 15) is 14.9 Å². The number of rotatable bonds is 9. The van der Waals surface area contributed by atoms with Crippen molar-refractivity contribution in [1.82, 2.24) is 0 Å². The number of methoxy groups -OCH3 is 1. The van der Waals surface area contributed by atoms with Gasteiger partial charge in [-0.3, -0.25) is 14.9 Å². The Hall–Kier alpha value is -4.21. The highest BCUT2D eigenvalue weighted by Crippen LogP contribution is 2.33. The summed E-state index contributed by atoms with van der Waals surface area (Å²) in [6.45, 7) is 0.00397. The molecule has 0 bridgehead atoms. The minimum absolute atomic E-state index is 0.00397. The second-order valence-electron chi connectivity index (χ2n) is 7.31. The number of nitrogens with zero attached hydrogens (tertiary/aromatic N) is 1. The van der Waals surface area contributed by atoms with Gasteiger partial charge in [0.15, 0.2) is 5.76 Å². The van der Waals surface area contributed by atoms with E-state index in [0.29, 0.717) is 28.0 Å². The van der Waals surface area contributed by atoms with Crippen LogP contribution in [-0.2, 0) is 6.61 Å². The molecular weight excluding hydrogens is 511 g/mol. The minimum atomic E-state index is -0.613. The zero-order valence-electron chi connectivity index (χ0n) is 18.7. The second kappa shape index (κ2) is 11.0. The van der Waals surface area contributed by atoms with Gasteiger partial charge in [0.25, 0.3) is 11.6 Å². The van der Waals surface area contributed by atoms with Crippen LogP contribution >= 0.6 is 23.2 Å². The van der Waals surface area contributed by atoms with Crippen molar-refractivity contribution in [1.29, 1.82) is 0 Å². The van der Waals surface area contributed by atoms with Crippen LogP contribution in [0.2, 0.25) is 10.0 Å². The zero-order chi connectivity index (χ0) is 25.7. The lowest BCUT2D eigenvalue weighted by Crippen LogP contribution is -2.11. The van der Waals surface area contributed by atoms with Crippen LogP contribution in [0.3, 0.4) is 0 Å². The van der Waals surface area contributed by atoms with Crippen LogP contribution in [0.5, 0.6) is 23.0 Å². The van der Waals surface area contributed by atoms with Gasteiger partial charge in [0.2, 0.25) is 0 Å². The van der Waals surface area contributed by atoms with Gasteiger partial charge in [-0.15, -0.1) is 0 Å². The number of hydrogen-bond acceptors (Lipinski definition) is 7. The third-order valence-electron chi connectivity index (χ3n) is 4.83. The summed E-state index contributed by atoms with van der Waals surface area (Å²) in [7, 11) is 1.54. The normalized spacial score (nSPS) is 10.5. The van der Waals surface area contributed by atoms with Gasteiger partial charge in [-0.2, -0.15) is 0 Å². The Morgan fingerprint density at radius 3 is 2.47 bits per heavy atom. The number of carbonyl (C=O) groups excluding carboxylic acids is 1. The molecule has 0 saturated heterocycles. The molecule has 184 valence electrons. The van der Waals surface area contributed by atoms with E-state index >= 15 is 0 Å². The Bertz CT molecular complexity index is 1400. The molecule has 0 unspecified atom stereocenters. The van der Waals surface area contributed by atoms with Gasteiger partial charge in [-0.05, 0) is 48.5 Å². The molecule has 1 aromatic heterocycles. The number of benzene rings is 3. The zero-order valence-corrected chi connectivity index (χ0v) is 20.2. The molecule has 0 atom stereocenters. The topological polar surface area (TPSA) is 113 Å². The van der Waals surface area contributed by atoms with Crippen LogP contribution in [0.25, 0.3) is 0 Å². The number of nitro benzene ring substituents is 1. The fourth-order valence-corrected chi connectivity index (χ4v) is 3.46. The van der Waals surface area contributed by atoms with Gasteiger partial charge < -0.3 is 23.9 Å². The van der Waals surface area contributed by atoms with E-state index in [4.69, 9.17) is 41.8 Å². The number of nitrogens with one attached hydrogen (secondary N) is 1. The van der Waals surface area contributed by atoms with Gasteiger partial charge >= 0.3 is 0 Å². The second-order valence-corrected chi connectivity index (χ2v) is 8.10. The Morgan fingerprint density at radius 1 is 1.00 bits per heavy atom. The van der Waals surface area contributed by atoms with Crippen molar-refractivity contribution in [3.8, 4) is 23.0 Å². The van der Waals surface area contributed by atoms with Crippen molar-refractivity contribution in [3.63, 3.8) is 0 Å². The summed E-state index contributed by atoms with van der Waals surface area (Å²) in [6.07, 6.45) is 0. The highest BCUT2D eigenvalue weighted by molar-refractivity contribution is 6.42. The molecule has 3 aromatic carbocycles. The maximum atomic E-state index is 12.7. The molecule has 0 aliphatic heterocycles. The highest BCUT2D eigenvalue weighted by atomic mass is 35.5. The van der Waals surface area contributed by atoms with Gasteiger partial charge in [0, 0.05) is 12.1 Å². The monoisotopic (exact) mass is 528 g/mol. The largest absolute Gasteiger partial charge is 0.497 e. The first kappa shape index (κ1) is 24.9. The summed E-state index contributed by atoms with van der Waals surface area (Å²) in [4.78, 5) is 23.5. The third kappa shape index (κ3) is 6.07. The quantitative estimate of drug-likeness (QED) is 0.181. The molecule has 9 nitrogen and oxygen atoms in total. The Labute approximate surface area is 215 Å². The van der Waals surface area contributed by atoms with Crippen molar-refractivity contribution in [2.75, 3.05) is 12.4 Å². The molecule has 0 fully saturated rings. The van der Waals surface area contributed by atoms with E-state index in [1.807, 2.05) is 0 Å². The SMILES string of the molecule is COc1ccc(Oc2cc(NC(=O)c3ccc(COc4cccc(Cl)c4Cl)o3)cc([N+](=O)[O-])c2)cc1. The van der Waals surface area contributed by atoms with Crippen LogP contribution in [0.15, 0.2) is 77.2 Å². The fraction of sp³-hybridized carbons (Fsp3) is 0.0800. The summed E-state index contributed by atoms with van der Waals surface area (Å²) in [5.74, 6) is 1.33. The third-order valence-corrected chi connectivity index (χ3v) is 5.63. The first-order valence-electron chi connectivity index (χ1n) is 10.4. The van der Waals surface area contributed by atoms with E-state index in [1.165, 1.54) is 31.4 Å². The molecule has 1 heterocycles. The van der Waals surface area contributed by atoms with E-state index in [0.717, 1.165) is 0 Å². The van der Waals surface area contributed by atoms with E-state index in [2.05, 4.69) is 5.32 Å². The Balaban J connectivity index is 1.46. The minimum Gasteiger partial charge on any atom is -0.497 e. The lowest BCUT2D eigenvalue weighted by molar-refractivity contribution is -0.384. The number of nitro groups is 1. The number of non-ortho nitro benzene ring substituents is 1. The van der Waals surface area contributed by atoms with Crippen molar-refractivity contribution in [2.45, 2.75) is 6.61 Å². The Kier molecular flexibility index (Phi) is 7.62. The number of furan rings is 1. The number of ether oxygens (including phenoxy) is 3. The average molecular weight is 529 g/mol. The number of halogens is 2. The molecule has 4 rings (SSSR count). The molecule has 0 radical (unpaired) electrons. The summed E-state index contributed by atoms with van der Waals surface area (Å²) in [5.41, 5.74) is -0.110. The summed E-state index contributed by atoms with van der Waals surface area (Å²) >= 11 is 12.1. The molecule has 0 aliphatic carbocycles. The number of amides is 1. The smallest absolute Gasteiger partial charge is 0.291 e. The van der Waals surface area contributed by atoms with Gasteiger partial charge in [0.05, 0.1) is 28.8 Å². The van der Waals surface area contributed by atoms with Crippen molar-refractivity contribution >= 4 is 40.5 Å². The van der Waals surface area contributed by atoms with E-state index < -0.39 is 10.8 Å². The summed E-state index contributed by atoms with van der Waals surface area (Å²) in [6, 6.07) is 18.6. The molecule has 0 saturated carbocycles. The van der Waals surface area contributed by atoms with E-state index in [1.54, 1.807) is 48.5 Å². The molecule has 0 spiro atoms. The van der Waals surface area contributed by atoms with Crippen LogP contribution in [0.4, 0.5) is 11.4 Å². The van der Waals surface area contributed by atoms with Gasteiger partial charge in [0.1, 0.15) is 40.4 Å². The van der Waals surface area contributed by atoms with Crippen molar-refractivity contribution in [3.05, 3.63) is 104 Å². The van der Waals surface area contributed by atoms with E-state index in [-0.39, 0.29) is 34.5 Å². The predicted octanol–water partition coefficient (Wildman–Crippen LogP) is 7.13. The van der Waals surface area contributed by atoms with Crippen LogP contribution in [-0.4, -0.2) is 17.9 Å². The number of hydrogen-bond donors (Lipinski definition) is 1. The first-order chi connectivity index (χ1) is 17.3. The molecule has 36 heavy (non-hydrogen) atoms. The number of anilines is 1. The van der Waals surface area contributed by atoms with Gasteiger partial charge in [-0.25, -0.2) is 0 Å². The maximum absolute atomic E-state index is 12.7. The first-order valence-corrected chi connectivity index (χ1v) is 11.2. The van der Waals surface area contributed by atoms with Crippen LogP contribution < -0.4 is 19.5 Å². The molecule has 1 N–H and O–H groups in total.